The molecule has 2 heterocycles. The second-order valence-corrected chi connectivity index (χ2v) is 3.79. The maximum absolute atomic E-state index is 5.47. The topological polar surface area (TPSA) is 50.8 Å². The Morgan fingerprint density at radius 1 is 1.75 bits per heavy atom. The molecule has 4 nitrogen and oxygen atoms in total. The van der Waals surface area contributed by atoms with Gasteiger partial charge in [0.2, 0.25) is 0 Å². The molecule has 0 amide bonds. The van der Waals surface area contributed by atoms with Gasteiger partial charge in [0, 0.05) is 12.4 Å². The van der Waals surface area contributed by atoms with Crippen LogP contribution in [-0.4, -0.2) is 33.9 Å². The van der Waals surface area contributed by atoms with E-state index in [-0.39, 0.29) is 0 Å². The molecule has 1 aliphatic rings. The first-order valence-electron chi connectivity index (χ1n) is 4.05. The zero-order valence-electron chi connectivity index (χ0n) is 6.69. The van der Waals surface area contributed by atoms with Crippen molar-refractivity contribution in [3.05, 3.63) is 6.20 Å². The standard InChI is InChI=1S/C7H11N3OS/c1-2-6(11-3-1)5-12-7-4-8-10-9-7/h4,6H,1-3,5H2,(H,8,9,10)/t6-/m1/s1. The molecule has 0 radical (unpaired) electrons. The van der Waals surface area contributed by atoms with Crippen LogP contribution in [0.15, 0.2) is 11.2 Å². The average molecular weight is 185 g/mol. The molecule has 0 spiro atoms. The van der Waals surface area contributed by atoms with Crippen molar-refractivity contribution in [3.63, 3.8) is 0 Å². The third-order valence-corrected chi connectivity index (χ3v) is 2.86. The Labute approximate surface area is 75.1 Å². The van der Waals surface area contributed by atoms with E-state index < -0.39 is 0 Å². The summed E-state index contributed by atoms with van der Waals surface area (Å²) in [6, 6.07) is 0. The summed E-state index contributed by atoms with van der Waals surface area (Å²) in [5.74, 6) is 0.993. The zero-order valence-corrected chi connectivity index (χ0v) is 7.51. The summed E-state index contributed by atoms with van der Waals surface area (Å²) in [6.45, 7) is 0.921. The molecule has 1 atom stereocenters. The lowest BCUT2D eigenvalue weighted by Gasteiger charge is -2.05. The van der Waals surface area contributed by atoms with Gasteiger partial charge in [0.05, 0.1) is 12.3 Å². The third-order valence-electron chi connectivity index (χ3n) is 1.83. The number of rotatable bonds is 3. The smallest absolute Gasteiger partial charge is 0.138 e. The molecule has 1 saturated heterocycles. The molecule has 12 heavy (non-hydrogen) atoms. The van der Waals surface area contributed by atoms with Crippen molar-refractivity contribution >= 4 is 11.8 Å². The van der Waals surface area contributed by atoms with Crippen LogP contribution in [-0.2, 0) is 4.74 Å². The molecule has 0 bridgehead atoms. The predicted octanol–water partition coefficient (Wildman–Crippen LogP) is 1.08. The summed E-state index contributed by atoms with van der Waals surface area (Å²) in [6.07, 6.45) is 4.54. The van der Waals surface area contributed by atoms with Crippen molar-refractivity contribution in [2.24, 2.45) is 0 Å². The summed E-state index contributed by atoms with van der Waals surface area (Å²) in [7, 11) is 0. The molecule has 0 aliphatic carbocycles. The Morgan fingerprint density at radius 2 is 2.75 bits per heavy atom. The van der Waals surface area contributed by atoms with Gasteiger partial charge < -0.3 is 4.74 Å². The molecule has 0 unspecified atom stereocenters. The highest BCUT2D eigenvalue weighted by Gasteiger charge is 2.15. The van der Waals surface area contributed by atoms with Crippen LogP contribution in [0.5, 0.6) is 0 Å². The monoisotopic (exact) mass is 185 g/mol. The Bertz CT molecular complexity index is 221. The van der Waals surface area contributed by atoms with Crippen molar-refractivity contribution in [1.29, 1.82) is 0 Å². The number of nitrogens with zero attached hydrogens (tertiary/aromatic N) is 2. The number of hydrogen-bond donors (Lipinski definition) is 1. The van der Waals surface area contributed by atoms with E-state index in [1.54, 1.807) is 18.0 Å². The van der Waals surface area contributed by atoms with Gasteiger partial charge in [0.25, 0.3) is 0 Å². The van der Waals surface area contributed by atoms with Gasteiger partial charge in [-0.05, 0) is 12.8 Å². The highest BCUT2D eigenvalue weighted by molar-refractivity contribution is 7.99. The van der Waals surface area contributed by atoms with Crippen molar-refractivity contribution in [1.82, 2.24) is 15.4 Å². The average Bonchev–Trinajstić information content (AvgIpc) is 2.74. The summed E-state index contributed by atoms with van der Waals surface area (Å²) in [4.78, 5) is 0. The van der Waals surface area contributed by atoms with Crippen LogP contribution in [0.1, 0.15) is 12.8 Å². The van der Waals surface area contributed by atoms with Gasteiger partial charge in [-0.2, -0.15) is 10.3 Å². The molecule has 1 aromatic rings. The van der Waals surface area contributed by atoms with Gasteiger partial charge in [-0.15, -0.1) is 16.9 Å². The van der Waals surface area contributed by atoms with Gasteiger partial charge in [0.15, 0.2) is 0 Å². The predicted molar refractivity (Wildman–Crippen MR) is 46.1 cm³/mol. The zero-order chi connectivity index (χ0) is 8.23. The lowest BCUT2D eigenvalue weighted by atomic mass is 10.3. The van der Waals surface area contributed by atoms with Crippen LogP contribution in [0.4, 0.5) is 0 Å². The lowest BCUT2D eigenvalue weighted by Crippen LogP contribution is -2.07. The van der Waals surface area contributed by atoms with E-state index in [0.29, 0.717) is 6.10 Å². The number of aromatic amines is 1. The molecule has 0 aromatic carbocycles. The Hall–Kier alpha value is -0.550. The van der Waals surface area contributed by atoms with Gasteiger partial charge in [-0.1, -0.05) is 0 Å². The number of hydrogen-bond acceptors (Lipinski definition) is 4. The van der Waals surface area contributed by atoms with Crippen LogP contribution >= 0.6 is 11.8 Å². The highest BCUT2D eigenvalue weighted by atomic mass is 32.2. The Kier molecular flexibility index (Phi) is 2.63. The molecular weight excluding hydrogens is 174 g/mol. The minimum absolute atomic E-state index is 0.423. The third kappa shape index (κ3) is 1.98. The molecule has 1 N–H and O–H groups in total. The minimum Gasteiger partial charge on any atom is -0.377 e. The summed E-state index contributed by atoms with van der Waals surface area (Å²) < 4.78 is 5.47. The fourth-order valence-electron chi connectivity index (χ4n) is 1.21. The molecule has 1 fully saturated rings. The number of H-pyrrole nitrogens is 1. The van der Waals surface area contributed by atoms with Crippen LogP contribution in [0, 0.1) is 0 Å². The Balaban J connectivity index is 1.74. The maximum atomic E-state index is 5.47. The fraction of sp³-hybridized carbons (Fsp3) is 0.714. The van der Waals surface area contributed by atoms with Crippen molar-refractivity contribution in [2.45, 2.75) is 24.0 Å². The normalized spacial score (nSPS) is 23.2. The van der Waals surface area contributed by atoms with E-state index in [2.05, 4.69) is 15.4 Å². The largest absolute Gasteiger partial charge is 0.377 e. The van der Waals surface area contributed by atoms with Gasteiger partial charge in [0.1, 0.15) is 5.03 Å². The van der Waals surface area contributed by atoms with Crippen molar-refractivity contribution in [3.8, 4) is 0 Å². The number of ether oxygens (including phenoxy) is 1. The molecule has 1 aromatic heterocycles. The van der Waals surface area contributed by atoms with Crippen LogP contribution < -0.4 is 0 Å². The van der Waals surface area contributed by atoms with Crippen LogP contribution in [0.2, 0.25) is 0 Å². The Morgan fingerprint density at radius 3 is 3.42 bits per heavy atom. The first-order valence-corrected chi connectivity index (χ1v) is 5.04. The van der Waals surface area contributed by atoms with E-state index >= 15 is 0 Å². The van der Waals surface area contributed by atoms with Gasteiger partial charge in [-0.3, -0.25) is 0 Å². The van der Waals surface area contributed by atoms with Crippen LogP contribution in [0.3, 0.4) is 0 Å². The number of thioether (sulfide) groups is 1. The minimum atomic E-state index is 0.423. The van der Waals surface area contributed by atoms with E-state index in [0.717, 1.165) is 17.4 Å². The molecular formula is C7H11N3OS. The molecule has 2 rings (SSSR count). The van der Waals surface area contributed by atoms with Crippen LogP contribution in [0.25, 0.3) is 0 Å². The number of aromatic nitrogens is 3. The fourth-order valence-corrected chi connectivity index (χ4v) is 2.07. The van der Waals surface area contributed by atoms with Crippen molar-refractivity contribution in [2.75, 3.05) is 12.4 Å². The lowest BCUT2D eigenvalue weighted by molar-refractivity contribution is 0.129. The quantitative estimate of drug-likeness (QED) is 0.716. The SMILES string of the molecule is c1n[nH]nc1SC[C@H]1CCCO1. The van der Waals surface area contributed by atoms with Crippen molar-refractivity contribution < 1.29 is 4.74 Å². The second kappa shape index (κ2) is 3.91. The molecule has 66 valence electrons. The summed E-state index contributed by atoms with van der Waals surface area (Å²) >= 11 is 1.69. The summed E-state index contributed by atoms with van der Waals surface area (Å²) in [5.41, 5.74) is 0. The van der Waals surface area contributed by atoms with E-state index in [1.807, 2.05) is 0 Å². The molecule has 1 aliphatic heterocycles. The van der Waals surface area contributed by atoms with Gasteiger partial charge >= 0.3 is 0 Å². The van der Waals surface area contributed by atoms with E-state index in [9.17, 15) is 0 Å². The molecule has 0 saturated carbocycles. The molecule has 5 heteroatoms. The van der Waals surface area contributed by atoms with Gasteiger partial charge in [-0.25, -0.2) is 0 Å². The van der Waals surface area contributed by atoms with E-state index in [4.69, 9.17) is 4.74 Å². The first-order chi connectivity index (χ1) is 5.95. The summed E-state index contributed by atoms with van der Waals surface area (Å²) in [5, 5.41) is 11.2. The number of nitrogens with one attached hydrogen (secondary N) is 1. The first kappa shape index (κ1) is 8.07. The maximum Gasteiger partial charge on any atom is 0.138 e. The highest BCUT2D eigenvalue weighted by Crippen LogP contribution is 2.21. The second-order valence-electron chi connectivity index (χ2n) is 2.75. The van der Waals surface area contributed by atoms with E-state index in [1.165, 1.54) is 12.8 Å².